The van der Waals surface area contributed by atoms with Gasteiger partial charge in [0.15, 0.2) is 0 Å². The Morgan fingerprint density at radius 2 is 1.92 bits per heavy atom. The predicted molar refractivity (Wildman–Crippen MR) is 97.1 cm³/mol. The first-order chi connectivity index (χ1) is 11.5. The van der Waals surface area contributed by atoms with Crippen LogP contribution >= 0.6 is 23.2 Å². The van der Waals surface area contributed by atoms with Crippen LogP contribution in [-0.2, 0) is 4.79 Å². The second-order valence-electron chi connectivity index (χ2n) is 5.63. The first kappa shape index (κ1) is 16.8. The van der Waals surface area contributed by atoms with Gasteiger partial charge in [-0.05, 0) is 49.2 Å². The zero-order valence-electron chi connectivity index (χ0n) is 12.9. The molecule has 124 valence electrons. The molecule has 2 aromatic carbocycles. The van der Waals surface area contributed by atoms with Crippen LogP contribution in [0, 0.1) is 0 Å². The summed E-state index contributed by atoms with van der Waals surface area (Å²) in [6, 6.07) is 12.0. The van der Waals surface area contributed by atoms with Gasteiger partial charge in [-0.25, -0.2) is 0 Å². The average Bonchev–Trinajstić information content (AvgIpc) is 2.55. The molecule has 1 aliphatic rings. The molecule has 4 nitrogen and oxygen atoms in total. The maximum Gasteiger partial charge on any atom is 0.257 e. The lowest BCUT2D eigenvalue weighted by Gasteiger charge is -2.27. The Kier molecular flexibility index (Phi) is 5.07. The van der Waals surface area contributed by atoms with Crippen molar-refractivity contribution in [1.29, 1.82) is 0 Å². The van der Waals surface area contributed by atoms with Crippen molar-refractivity contribution in [2.45, 2.75) is 19.3 Å². The second kappa shape index (κ2) is 7.24. The minimum Gasteiger partial charge on any atom is -0.322 e. The summed E-state index contributed by atoms with van der Waals surface area (Å²) in [4.78, 5) is 26.2. The molecule has 0 unspecified atom stereocenters. The lowest BCUT2D eigenvalue weighted by atomic mass is 10.1. The lowest BCUT2D eigenvalue weighted by molar-refractivity contribution is -0.119. The maximum atomic E-state index is 12.4. The topological polar surface area (TPSA) is 49.4 Å². The highest BCUT2D eigenvalue weighted by Crippen LogP contribution is 2.25. The van der Waals surface area contributed by atoms with Crippen molar-refractivity contribution in [3.05, 3.63) is 58.1 Å². The summed E-state index contributed by atoms with van der Waals surface area (Å²) >= 11 is 11.9. The zero-order chi connectivity index (χ0) is 17.1. The van der Waals surface area contributed by atoms with Crippen LogP contribution in [0.4, 0.5) is 11.4 Å². The summed E-state index contributed by atoms with van der Waals surface area (Å²) in [5, 5.41) is 3.58. The Balaban J connectivity index is 1.79. The minimum absolute atomic E-state index is 0.116. The van der Waals surface area contributed by atoms with Gasteiger partial charge >= 0.3 is 0 Å². The van der Waals surface area contributed by atoms with E-state index in [9.17, 15) is 9.59 Å². The van der Waals surface area contributed by atoms with E-state index in [-0.39, 0.29) is 11.8 Å². The van der Waals surface area contributed by atoms with Crippen molar-refractivity contribution >= 4 is 46.4 Å². The van der Waals surface area contributed by atoms with Crippen LogP contribution in [0.3, 0.4) is 0 Å². The normalized spacial score (nSPS) is 14.6. The number of carbonyl (C=O) groups excluding carboxylic acids is 2. The molecule has 0 spiro atoms. The van der Waals surface area contributed by atoms with Crippen LogP contribution in [0.15, 0.2) is 42.5 Å². The number of carbonyl (C=O) groups is 2. The van der Waals surface area contributed by atoms with Crippen LogP contribution in [-0.4, -0.2) is 18.4 Å². The van der Waals surface area contributed by atoms with Crippen LogP contribution in [0.5, 0.6) is 0 Å². The molecule has 1 N–H and O–H groups in total. The first-order valence-corrected chi connectivity index (χ1v) is 8.47. The van der Waals surface area contributed by atoms with E-state index in [4.69, 9.17) is 23.2 Å². The molecule has 2 aromatic rings. The van der Waals surface area contributed by atoms with E-state index in [1.165, 1.54) is 6.07 Å². The number of nitrogens with one attached hydrogen (secondary N) is 1. The fourth-order valence-electron chi connectivity index (χ4n) is 2.70. The molecule has 1 fully saturated rings. The van der Waals surface area contributed by atoms with Crippen molar-refractivity contribution in [1.82, 2.24) is 0 Å². The third kappa shape index (κ3) is 3.71. The number of benzene rings is 2. The molecule has 1 aliphatic heterocycles. The molecule has 1 heterocycles. The number of amides is 2. The molecule has 0 radical (unpaired) electrons. The molecule has 0 aromatic heterocycles. The van der Waals surface area contributed by atoms with Crippen LogP contribution in [0.2, 0.25) is 10.0 Å². The summed E-state index contributed by atoms with van der Waals surface area (Å²) < 4.78 is 0. The van der Waals surface area contributed by atoms with E-state index in [0.717, 1.165) is 18.5 Å². The van der Waals surface area contributed by atoms with Gasteiger partial charge in [0, 0.05) is 29.4 Å². The molecule has 1 saturated heterocycles. The van der Waals surface area contributed by atoms with Crippen molar-refractivity contribution in [2.75, 3.05) is 16.8 Å². The van der Waals surface area contributed by atoms with Gasteiger partial charge in [-0.2, -0.15) is 0 Å². The number of piperidine rings is 1. The quantitative estimate of drug-likeness (QED) is 0.855. The van der Waals surface area contributed by atoms with Gasteiger partial charge < -0.3 is 10.2 Å². The van der Waals surface area contributed by atoms with Gasteiger partial charge in [0.05, 0.1) is 10.6 Å². The molecule has 0 aliphatic carbocycles. The molecule has 0 bridgehead atoms. The summed E-state index contributed by atoms with van der Waals surface area (Å²) in [6.07, 6.45) is 2.49. The molecular formula is C18H16Cl2N2O2. The van der Waals surface area contributed by atoms with Crippen molar-refractivity contribution < 1.29 is 9.59 Å². The number of halogens is 2. The Morgan fingerprint density at radius 1 is 1.08 bits per heavy atom. The third-order valence-corrected chi connectivity index (χ3v) is 4.46. The fourth-order valence-corrected chi connectivity index (χ4v) is 3.20. The Hall–Kier alpha value is -2.04. The maximum absolute atomic E-state index is 12.4. The number of hydrogen-bond donors (Lipinski definition) is 1. The summed E-state index contributed by atoms with van der Waals surface area (Å²) in [5.41, 5.74) is 1.75. The van der Waals surface area contributed by atoms with Crippen LogP contribution < -0.4 is 10.2 Å². The number of nitrogens with zero attached hydrogens (tertiary/aromatic N) is 1. The fraction of sp³-hybridized carbons (Fsp3) is 0.222. The second-order valence-corrected chi connectivity index (χ2v) is 6.47. The first-order valence-electron chi connectivity index (χ1n) is 7.71. The lowest BCUT2D eigenvalue weighted by Crippen LogP contribution is -2.35. The molecule has 0 saturated carbocycles. The molecule has 6 heteroatoms. The van der Waals surface area contributed by atoms with Crippen molar-refractivity contribution in [3.8, 4) is 0 Å². The third-order valence-electron chi connectivity index (χ3n) is 3.91. The average molecular weight is 363 g/mol. The highest BCUT2D eigenvalue weighted by molar-refractivity contribution is 6.37. The predicted octanol–water partition coefficient (Wildman–Crippen LogP) is 4.76. The van der Waals surface area contributed by atoms with Gasteiger partial charge in [-0.15, -0.1) is 0 Å². The van der Waals surface area contributed by atoms with Crippen LogP contribution in [0.1, 0.15) is 29.6 Å². The van der Waals surface area contributed by atoms with Crippen molar-refractivity contribution in [3.63, 3.8) is 0 Å². The highest BCUT2D eigenvalue weighted by atomic mass is 35.5. The Labute approximate surface area is 150 Å². The summed E-state index contributed by atoms with van der Waals surface area (Å²) in [6.45, 7) is 0.708. The van der Waals surface area contributed by atoms with Crippen molar-refractivity contribution in [2.24, 2.45) is 0 Å². The van der Waals surface area contributed by atoms with Gasteiger partial charge in [0.2, 0.25) is 5.91 Å². The summed E-state index contributed by atoms with van der Waals surface area (Å²) in [5.74, 6) is -0.204. The molecular weight excluding hydrogens is 347 g/mol. The monoisotopic (exact) mass is 362 g/mol. The number of anilines is 2. The largest absolute Gasteiger partial charge is 0.322 e. The molecule has 24 heavy (non-hydrogen) atoms. The van der Waals surface area contributed by atoms with Gasteiger partial charge in [0.25, 0.3) is 5.91 Å². The molecule has 3 rings (SSSR count). The molecule has 0 atom stereocenters. The Bertz CT molecular complexity index is 792. The van der Waals surface area contributed by atoms with Gasteiger partial charge in [-0.1, -0.05) is 29.3 Å². The number of rotatable bonds is 3. The SMILES string of the molecule is O=C(Nc1cccc(N2CCCCC2=O)c1)c1ccc(Cl)cc1Cl. The van der Waals surface area contributed by atoms with Crippen LogP contribution in [0.25, 0.3) is 0 Å². The number of hydrogen-bond acceptors (Lipinski definition) is 2. The van der Waals surface area contributed by atoms with E-state index in [1.807, 2.05) is 12.1 Å². The standard InChI is InChI=1S/C18H16Cl2N2O2/c19-12-7-8-15(16(20)10-12)18(24)21-13-4-3-5-14(11-13)22-9-2-1-6-17(22)23/h3-5,7-8,10-11H,1-2,6,9H2,(H,21,24). The van der Waals surface area contributed by atoms with Gasteiger partial charge in [0.1, 0.15) is 0 Å². The van der Waals surface area contributed by atoms with E-state index in [0.29, 0.717) is 34.3 Å². The summed E-state index contributed by atoms with van der Waals surface area (Å²) in [7, 11) is 0. The van der Waals surface area contributed by atoms with Gasteiger partial charge in [-0.3, -0.25) is 9.59 Å². The Morgan fingerprint density at radius 3 is 2.67 bits per heavy atom. The highest BCUT2D eigenvalue weighted by Gasteiger charge is 2.20. The van der Waals surface area contributed by atoms with E-state index in [2.05, 4.69) is 5.32 Å². The smallest absolute Gasteiger partial charge is 0.257 e. The van der Waals surface area contributed by atoms with E-state index >= 15 is 0 Å². The van der Waals surface area contributed by atoms with E-state index in [1.54, 1.807) is 29.2 Å². The minimum atomic E-state index is -0.321. The zero-order valence-corrected chi connectivity index (χ0v) is 14.4. The molecule has 2 amide bonds. The van der Waals surface area contributed by atoms with E-state index < -0.39 is 0 Å².